The SMILES string of the molecule is CC[C@H](C(=O)N1CCN(CC)CC1)N(c1cccc(Cl)c1)S(C)(=O)=O. The molecule has 1 fully saturated rings. The fraction of sp³-hybridized carbons (Fsp3) is 0.588. The van der Waals surface area contributed by atoms with Gasteiger partial charge in [0.15, 0.2) is 0 Å². The molecule has 25 heavy (non-hydrogen) atoms. The number of carbonyl (C=O) groups is 1. The molecule has 140 valence electrons. The van der Waals surface area contributed by atoms with Crippen LogP contribution in [0.1, 0.15) is 20.3 Å². The maximum atomic E-state index is 13.0. The van der Waals surface area contributed by atoms with E-state index >= 15 is 0 Å². The van der Waals surface area contributed by atoms with Crippen LogP contribution in [-0.4, -0.2) is 69.1 Å². The van der Waals surface area contributed by atoms with Crippen molar-refractivity contribution < 1.29 is 13.2 Å². The predicted octanol–water partition coefficient (Wildman–Crippen LogP) is 2.05. The monoisotopic (exact) mass is 387 g/mol. The molecule has 1 aromatic carbocycles. The molecule has 2 rings (SSSR count). The fourth-order valence-electron chi connectivity index (χ4n) is 3.15. The second kappa shape index (κ2) is 8.38. The lowest BCUT2D eigenvalue weighted by atomic mass is 10.1. The molecule has 0 N–H and O–H groups in total. The highest BCUT2D eigenvalue weighted by atomic mass is 35.5. The zero-order valence-electron chi connectivity index (χ0n) is 15.0. The number of halogens is 1. The van der Waals surface area contributed by atoms with E-state index in [-0.39, 0.29) is 5.91 Å². The number of amides is 1. The molecule has 1 aliphatic rings. The first-order chi connectivity index (χ1) is 11.8. The molecular formula is C17H26ClN3O3S. The Morgan fingerprint density at radius 3 is 2.36 bits per heavy atom. The van der Waals surface area contributed by atoms with Gasteiger partial charge in [-0.3, -0.25) is 9.10 Å². The summed E-state index contributed by atoms with van der Waals surface area (Å²) in [4.78, 5) is 17.1. The Balaban J connectivity index is 2.29. The van der Waals surface area contributed by atoms with Crippen molar-refractivity contribution in [1.82, 2.24) is 9.80 Å². The van der Waals surface area contributed by atoms with Crippen molar-refractivity contribution in [2.45, 2.75) is 26.3 Å². The van der Waals surface area contributed by atoms with Crippen molar-refractivity contribution in [1.29, 1.82) is 0 Å². The Morgan fingerprint density at radius 2 is 1.88 bits per heavy atom. The number of rotatable bonds is 6. The van der Waals surface area contributed by atoms with Crippen LogP contribution >= 0.6 is 11.6 Å². The molecule has 1 saturated heterocycles. The van der Waals surface area contributed by atoms with Gasteiger partial charge >= 0.3 is 0 Å². The number of sulfonamides is 1. The van der Waals surface area contributed by atoms with Crippen LogP contribution in [0, 0.1) is 0 Å². The van der Waals surface area contributed by atoms with Crippen LogP contribution < -0.4 is 4.31 Å². The Labute approximate surface area is 155 Å². The first-order valence-electron chi connectivity index (χ1n) is 8.54. The quantitative estimate of drug-likeness (QED) is 0.749. The molecule has 1 amide bonds. The Bertz CT molecular complexity index is 703. The summed E-state index contributed by atoms with van der Waals surface area (Å²) >= 11 is 6.02. The van der Waals surface area contributed by atoms with Gasteiger partial charge in [-0.15, -0.1) is 0 Å². The number of anilines is 1. The van der Waals surface area contributed by atoms with Crippen LogP contribution in [0.2, 0.25) is 5.02 Å². The topological polar surface area (TPSA) is 60.9 Å². The minimum atomic E-state index is -3.63. The number of piperazine rings is 1. The van der Waals surface area contributed by atoms with E-state index in [0.717, 1.165) is 25.9 Å². The third-order valence-corrected chi connectivity index (χ3v) is 5.92. The second-order valence-electron chi connectivity index (χ2n) is 6.22. The molecule has 1 aliphatic heterocycles. The van der Waals surface area contributed by atoms with E-state index in [1.165, 1.54) is 4.31 Å². The van der Waals surface area contributed by atoms with Crippen LogP contribution in [0.3, 0.4) is 0 Å². The van der Waals surface area contributed by atoms with Gasteiger partial charge in [-0.05, 0) is 31.2 Å². The van der Waals surface area contributed by atoms with E-state index in [1.54, 1.807) is 29.2 Å². The Hall–Kier alpha value is -1.31. The summed E-state index contributed by atoms with van der Waals surface area (Å²) in [5.74, 6) is -0.149. The zero-order valence-corrected chi connectivity index (χ0v) is 16.6. The second-order valence-corrected chi connectivity index (χ2v) is 8.52. The van der Waals surface area contributed by atoms with E-state index in [4.69, 9.17) is 11.6 Å². The first-order valence-corrected chi connectivity index (χ1v) is 10.8. The van der Waals surface area contributed by atoms with Crippen molar-refractivity contribution in [3.63, 3.8) is 0 Å². The fourth-order valence-corrected chi connectivity index (χ4v) is 4.53. The van der Waals surface area contributed by atoms with Crippen LogP contribution in [-0.2, 0) is 14.8 Å². The third kappa shape index (κ3) is 4.86. The minimum Gasteiger partial charge on any atom is -0.338 e. The molecule has 6 nitrogen and oxygen atoms in total. The summed E-state index contributed by atoms with van der Waals surface area (Å²) in [7, 11) is -3.63. The maximum absolute atomic E-state index is 13.0. The highest BCUT2D eigenvalue weighted by molar-refractivity contribution is 7.92. The minimum absolute atomic E-state index is 0.149. The van der Waals surface area contributed by atoms with Crippen LogP contribution in [0.15, 0.2) is 24.3 Å². The smallest absolute Gasteiger partial charge is 0.246 e. The maximum Gasteiger partial charge on any atom is 0.246 e. The lowest BCUT2D eigenvalue weighted by Gasteiger charge is -2.38. The van der Waals surface area contributed by atoms with Gasteiger partial charge in [0.05, 0.1) is 11.9 Å². The molecule has 0 radical (unpaired) electrons. The number of hydrogen-bond donors (Lipinski definition) is 0. The summed E-state index contributed by atoms with van der Waals surface area (Å²) in [6.07, 6.45) is 1.52. The summed E-state index contributed by atoms with van der Waals surface area (Å²) in [6.45, 7) is 7.75. The lowest BCUT2D eigenvalue weighted by molar-refractivity contribution is -0.134. The summed E-state index contributed by atoms with van der Waals surface area (Å²) in [5.41, 5.74) is 0.419. The van der Waals surface area contributed by atoms with E-state index < -0.39 is 16.1 Å². The summed E-state index contributed by atoms with van der Waals surface area (Å²) < 4.78 is 26.1. The molecule has 0 saturated carbocycles. The molecule has 0 bridgehead atoms. The van der Waals surface area contributed by atoms with Crippen molar-refractivity contribution in [3.8, 4) is 0 Å². The number of benzene rings is 1. The van der Waals surface area contributed by atoms with Crippen LogP contribution in [0.25, 0.3) is 0 Å². The van der Waals surface area contributed by atoms with Gasteiger partial charge in [0, 0.05) is 31.2 Å². The van der Waals surface area contributed by atoms with Gasteiger partial charge in [-0.1, -0.05) is 31.5 Å². The standard InChI is InChI=1S/C17H26ClN3O3S/c1-4-16(17(22)20-11-9-19(5-2)10-12-20)21(25(3,23)24)15-8-6-7-14(18)13-15/h6-8,13,16H,4-5,9-12H2,1-3H3/t16-/m1/s1. The molecular weight excluding hydrogens is 362 g/mol. The highest BCUT2D eigenvalue weighted by Crippen LogP contribution is 2.26. The van der Waals surface area contributed by atoms with Crippen molar-refractivity contribution >= 4 is 33.2 Å². The van der Waals surface area contributed by atoms with Crippen LogP contribution in [0.4, 0.5) is 5.69 Å². The number of nitrogens with zero attached hydrogens (tertiary/aromatic N) is 3. The van der Waals surface area contributed by atoms with Gasteiger partial charge in [0.2, 0.25) is 15.9 Å². The molecule has 1 aromatic rings. The Morgan fingerprint density at radius 1 is 1.24 bits per heavy atom. The number of likely N-dealkylation sites (N-methyl/N-ethyl adjacent to an activating group) is 1. The first kappa shape index (κ1) is 20.0. The zero-order chi connectivity index (χ0) is 18.6. The summed E-state index contributed by atoms with van der Waals surface area (Å²) in [6, 6.07) is 5.85. The summed E-state index contributed by atoms with van der Waals surface area (Å²) in [5, 5.41) is 0.435. The van der Waals surface area contributed by atoms with Crippen molar-refractivity contribution in [3.05, 3.63) is 29.3 Å². The molecule has 0 aliphatic carbocycles. The molecule has 8 heteroatoms. The lowest BCUT2D eigenvalue weighted by Crippen LogP contribution is -2.55. The largest absolute Gasteiger partial charge is 0.338 e. The normalized spacial score (nSPS) is 17.4. The predicted molar refractivity (Wildman–Crippen MR) is 102 cm³/mol. The molecule has 0 unspecified atom stereocenters. The van der Waals surface area contributed by atoms with Crippen LogP contribution in [0.5, 0.6) is 0 Å². The van der Waals surface area contributed by atoms with E-state index in [9.17, 15) is 13.2 Å². The number of hydrogen-bond acceptors (Lipinski definition) is 4. The Kier molecular flexibility index (Phi) is 6.71. The molecule has 1 atom stereocenters. The average Bonchev–Trinajstić information content (AvgIpc) is 2.58. The van der Waals surface area contributed by atoms with E-state index in [1.807, 2.05) is 6.92 Å². The van der Waals surface area contributed by atoms with Gasteiger partial charge in [0.1, 0.15) is 6.04 Å². The van der Waals surface area contributed by atoms with Gasteiger partial charge in [0.25, 0.3) is 0 Å². The van der Waals surface area contributed by atoms with Crippen molar-refractivity contribution in [2.75, 3.05) is 43.3 Å². The van der Waals surface area contributed by atoms with E-state index in [2.05, 4.69) is 11.8 Å². The van der Waals surface area contributed by atoms with Gasteiger partial charge in [-0.2, -0.15) is 0 Å². The molecule has 1 heterocycles. The molecule has 0 spiro atoms. The van der Waals surface area contributed by atoms with Gasteiger partial charge < -0.3 is 9.80 Å². The molecule has 0 aromatic heterocycles. The average molecular weight is 388 g/mol. The van der Waals surface area contributed by atoms with E-state index in [0.29, 0.717) is 30.2 Å². The van der Waals surface area contributed by atoms with Gasteiger partial charge in [-0.25, -0.2) is 8.42 Å². The van der Waals surface area contributed by atoms with Crippen molar-refractivity contribution in [2.24, 2.45) is 0 Å². The number of carbonyl (C=O) groups excluding carboxylic acids is 1. The highest BCUT2D eigenvalue weighted by Gasteiger charge is 2.35. The third-order valence-electron chi connectivity index (χ3n) is 4.51.